The van der Waals surface area contributed by atoms with Gasteiger partial charge in [0.25, 0.3) is 0 Å². The van der Waals surface area contributed by atoms with E-state index in [1.54, 1.807) is 24.6 Å². The molecule has 3 nitrogen and oxygen atoms in total. The van der Waals surface area contributed by atoms with Gasteiger partial charge >= 0.3 is 0 Å². The molecular formula is C13H15ClFN3. The zero-order valence-corrected chi connectivity index (χ0v) is 11.3. The Bertz CT molecular complexity index is 592. The maximum absolute atomic E-state index is 13.6. The van der Waals surface area contributed by atoms with Gasteiger partial charge in [0.2, 0.25) is 0 Å². The minimum atomic E-state index is -0.229. The summed E-state index contributed by atoms with van der Waals surface area (Å²) in [5, 5.41) is 4.73. The van der Waals surface area contributed by atoms with Crippen LogP contribution >= 0.6 is 11.6 Å². The first-order valence-corrected chi connectivity index (χ1v) is 6.05. The molecule has 1 unspecified atom stereocenters. The quantitative estimate of drug-likeness (QED) is 0.905. The van der Waals surface area contributed by atoms with Crippen LogP contribution in [0.5, 0.6) is 0 Å². The van der Waals surface area contributed by atoms with Crippen molar-refractivity contribution in [1.82, 2.24) is 9.78 Å². The number of aryl methyl sites for hydroxylation is 2. The molecule has 2 aromatic rings. The molecule has 96 valence electrons. The number of hydrogen-bond acceptors (Lipinski definition) is 2. The van der Waals surface area contributed by atoms with Crippen LogP contribution in [0.25, 0.3) is 0 Å². The standard InChI is InChI=1S/C13H15ClFN3/c1-7-4-5-10(6-11(7)15)9(3)18-13(16)12(14)8(2)17-18/h4-6,9H,16H2,1-3H3. The number of nitrogens with zero attached hydrogens (tertiary/aromatic N) is 2. The fourth-order valence-corrected chi connectivity index (χ4v) is 1.98. The minimum Gasteiger partial charge on any atom is -0.383 e. The van der Waals surface area contributed by atoms with E-state index in [1.807, 2.05) is 13.0 Å². The Morgan fingerprint density at radius 3 is 2.56 bits per heavy atom. The number of benzene rings is 1. The Kier molecular flexibility index (Phi) is 3.30. The number of nitrogen functional groups attached to an aromatic ring is 1. The summed E-state index contributed by atoms with van der Waals surface area (Å²) in [6, 6.07) is 4.96. The van der Waals surface area contributed by atoms with E-state index >= 15 is 0 Å². The Morgan fingerprint density at radius 1 is 1.39 bits per heavy atom. The van der Waals surface area contributed by atoms with E-state index in [-0.39, 0.29) is 11.9 Å². The maximum atomic E-state index is 13.6. The normalized spacial score (nSPS) is 12.7. The van der Waals surface area contributed by atoms with Gasteiger partial charge in [0, 0.05) is 0 Å². The minimum absolute atomic E-state index is 0.161. The van der Waals surface area contributed by atoms with E-state index < -0.39 is 0 Å². The number of rotatable bonds is 2. The zero-order chi connectivity index (χ0) is 13.4. The van der Waals surface area contributed by atoms with Crippen LogP contribution in [0.1, 0.15) is 29.8 Å². The molecule has 1 atom stereocenters. The van der Waals surface area contributed by atoms with Crippen molar-refractivity contribution in [2.24, 2.45) is 0 Å². The summed E-state index contributed by atoms with van der Waals surface area (Å²) in [7, 11) is 0. The van der Waals surface area contributed by atoms with Gasteiger partial charge in [-0.05, 0) is 38.0 Å². The molecule has 18 heavy (non-hydrogen) atoms. The van der Waals surface area contributed by atoms with Gasteiger partial charge in [-0.1, -0.05) is 23.7 Å². The molecule has 0 aliphatic carbocycles. The second-order valence-corrected chi connectivity index (χ2v) is 4.79. The highest BCUT2D eigenvalue weighted by Gasteiger charge is 2.17. The van der Waals surface area contributed by atoms with E-state index in [4.69, 9.17) is 17.3 Å². The largest absolute Gasteiger partial charge is 0.383 e. The Morgan fingerprint density at radius 2 is 2.06 bits per heavy atom. The smallest absolute Gasteiger partial charge is 0.141 e. The van der Waals surface area contributed by atoms with Crippen LogP contribution in [0.3, 0.4) is 0 Å². The summed E-state index contributed by atoms with van der Waals surface area (Å²) in [5.74, 6) is 0.176. The molecule has 0 aliphatic heterocycles. The van der Waals surface area contributed by atoms with E-state index in [9.17, 15) is 4.39 Å². The van der Waals surface area contributed by atoms with Crippen LogP contribution < -0.4 is 5.73 Å². The summed E-state index contributed by atoms with van der Waals surface area (Å²) >= 11 is 6.00. The lowest BCUT2D eigenvalue weighted by atomic mass is 10.1. The predicted molar refractivity (Wildman–Crippen MR) is 71.3 cm³/mol. The topological polar surface area (TPSA) is 43.8 Å². The van der Waals surface area contributed by atoms with Crippen molar-refractivity contribution in [3.8, 4) is 0 Å². The summed E-state index contributed by atoms with van der Waals surface area (Å²) in [6.45, 7) is 5.42. The van der Waals surface area contributed by atoms with Crippen molar-refractivity contribution in [3.05, 3.63) is 45.9 Å². The first-order chi connectivity index (χ1) is 8.41. The van der Waals surface area contributed by atoms with Gasteiger partial charge in [-0.2, -0.15) is 5.10 Å². The SMILES string of the molecule is Cc1ccc(C(C)n2nc(C)c(Cl)c2N)cc1F. The van der Waals surface area contributed by atoms with E-state index in [2.05, 4.69) is 5.10 Å². The van der Waals surface area contributed by atoms with E-state index in [0.29, 0.717) is 22.1 Å². The van der Waals surface area contributed by atoms with Gasteiger partial charge in [-0.15, -0.1) is 0 Å². The van der Waals surface area contributed by atoms with Gasteiger partial charge in [-0.3, -0.25) is 0 Å². The summed E-state index contributed by atoms with van der Waals surface area (Å²) in [5.41, 5.74) is 7.99. The number of anilines is 1. The van der Waals surface area contributed by atoms with Crippen LogP contribution in [0, 0.1) is 19.7 Å². The molecule has 0 spiro atoms. The molecule has 1 aromatic carbocycles. The van der Waals surface area contributed by atoms with Gasteiger partial charge in [0.15, 0.2) is 0 Å². The number of nitrogens with two attached hydrogens (primary N) is 1. The lowest BCUT2D eigenvalue weighted by molar-refractivity contribution is 0.558. The first kappa shape index (κ1) is 12.9. The third kappa shape index (κ3) is 2.08. The van der Waals surface area contributed by atoms with Crippen molar-refractivity contribution in [3.63, 3.8) is 0 Å². The van der Waals surface area contributed by atoms with Crippen molar-refractivity contribution >= 4 is 17.4 Å². The molecule has 2 N–H and O–H groups in total. The van der Waals surface area contributed by atoms with E-state index in [0.717, 1.165) is 5.56 Å². The lowest BCUT2D eigenvalue weighted by Gasteiger charge is -2.15. The fraction of sp³-hybridized carbons (Fsp3) is 0.308. The van der Waals surface area contributed by atoms with E-state index in [1.165, 1.54) is 6.07 Å². The second-order valence-electron chi connectivity index (χ2n) is 4.41. The highest BCUT2D eigenvalue weighted by Crippen LogP contribution is 2.28. The van der Waals surface area contributed by atoms with Crippen LogP contribution in [-0.4, -0.2) is 9.78 Å². The molecule has 1 aromatic heterocycles. The van der Waals surface area contributed by atoms with Gasteiger partial charge in [-0.25, -0.2) is 9.07 Å². The molecular weight excluding hydrogens is 253 g/mol. The summed E-state index contributed by atoms with van der Waals surface area (Å²) in [6.07, 6.45) is 0. The molecule has 0 saturated heterocycles. The third-order valence-electron chi connectivity index (χ3n) is 3.09. The van der Waals surface area contributed by atoms with Crippen molar-refractivity contribution in [2.45, 2.75) is 26.8 Å². The van der Waals surface area contributed by atoms with Crippen LogP contribution in [0.4, 0.5) is 10.2 Å². The third-order valence-corrected chi connectivity index (χ3v) is 3.56. The summed E-state index contributed by atoms with van der Waals surface area (Å²) in [4.78, 5) is 0. The van der Waals surface area contributed by atoms with Crippen LogP contribution in [-0.2, 0) is 0 Å². The predicted octanol–water partition coefficient (Wildman–Crippen LogP) is 3.48. The average Bonchev–Trinajstić information content (AvgIpc) is 2.60. The molecule has 0 amide bonds. The maximum Gasteiger partial charge on any atom is 0.141 e. The molecule has 1 heterocycles. The molecule has 0 aliphatic rings. The summed E-state index contributed by atoms with van der Waals surface area (Å²) < 4.78 is 15.2. The highest BCUT2D eigenvalue weighted by atomic mass is 35.5. The Labute approximate surface area is 110 Å². The van der Waals surface area contributed by atoms with Crippen LogP contribution in [0.15, 0.2) is 18.2 Å². The molecule has 5 heteroatoms. The molecule has 0 saturated carbocycles. The second kappa shape index (κ2) is 4.61. The van der Waals surface area contributed by atoms with Crippen molar-refractivity contribution < 1.29 is 4.39 Å². The lowest BCUT2D eigenvalue weighted by Crippen LogP contribution is -2.12. The fourth-order valence-electron chi connectivity index (χ4n) is 1.85. The van der Waals surface area contributed by atoms with Gasteiger partial charge < -0.3 is 5.73 Å². The van der Waals surface area contributed by atoms with Gasteiger partial charge in [0.05, 0.1) is 11.7 Å². The highest BCUT2D eigenvalue weighted by molar-refractivity contribution is 6.33. The number of hydrogen-bond donors (Lipinski definition) is 1. The Balaban J connectivity index is 2.44. The van der Waals surface area contributed by atoms with Crippen molar-refractivity contribution in [2.75, 3.05) is 5.73 Å². The number of halogens is 2. The number of aromatic nitrogens is 2. The Hall–Kier alpha value is -1.55. The monoisotopic (exact) mass is 267 g/mol. The molecule has 0 radical (unpaired) electrons. The zero-order valence-electron chi connectivity index (χ0n) is 10.5. The van der Waals surface area contributed by atoms with Gasteiger partial charge in [0.1, 0.15) is 16.7 Å². The molecule has 2 rings (SSSR count). The molecule has 0 fully saturated rings. The van der Waals surface area contributed by atoms with Crippen molar-refractivity contribution in [1.29, 1.82) is 0 Å². The average molecular weight is 268 g/mol. The van der Waals surface area contributed by atoms with Crippen LogP contribution in [0.2, 0.25) is 5.02 Å². The first-order valence-electron chi connectivity index (χ1n) is 5.68. The molecule has 0 bridgehead atoms.